The van der Waals surface area contributed by atoms with Gasteiger partial charge in [0.25, 0.3) is 0 Å². The number of sulfonamides is 1. The smallest absolute Gasteiger partial charge is 0.214 e. The monoisotopic (exact) mass is 267 g/mol. The minimum absolute atomic E-state index is 0.204. The van der Waals surface area contributed by atoms with E-state index in [-0.39, 0.29) is 5.75 Å². The Balaban J connectivity index is 1.81. The molecule has 0 radical (unpaired) electrons. The van der Waals surface area contributed by atoms with Gasteiger partial charge in [-0.05, 0) is 48.4 Å². The maximum absolute atomic E-state index is 12.2. The molecule has 1 aliphatic heterocycles. The lowest BCUT2D eigenvalue weighted by Gasteiger charge is -2.28. The Hall–Kier alpha value is -1.07. The van der Waals surface area contributed by atoms with Crippen LogP contribution in [0.5, 0.6) is 5.75 Å². The van der Waals surface area contributed by atoms with Gasteiger partial charge in [0.2, 0.25) is 10.0 Å². The van der Waals surface area contributed by atoms with Crippen LogP contribution in [0.25, 0.3) is 0 Å². The summed E-state index contributed by atoms with van der Waals surface area (Å²) in [6.45, 7) is 0.964. The zero-order chi connectivity index (χ0) is 12.8. The number of phenolic OH excluding ortho intramolecular Hbond substituents is 1. The lowest BCUT2D eigenvalue weighted by molar-refractivity contribution is 0.387. The highest BCUT2D eigenvalue weighted by Gasteiger charge is 2.33. The number of phenols is 1. The van der Waals surface area contributed by atoms with E-state index in [9.17, 15) is 13.5 Å². The number of nitrogens with zero attached hydrogens (tertiary/aromatic N) is 1. The minimum atomic E-state index is -3.12. The predicted molar refractivity (Wildman–Crippen MR) is 68.7 cm³/mol. The predicted octanol–water partition coefficient (Wildman–Crippen LogP) is 1.49. The minimum Gasteiger partial charge on any atom is -0.508 e. The van der Waals surface area contributed by atoms with Crippen LogP contribution in [0.3, 0.4) is 0 Å². The Bertz CT molecular complexity index is 564. The van der Waals surface area contributed by atoms with Crippen molar-refractivity contribution >= 4 is 10.0 Å². The van der Waals surface area contributed by atoms with Crippen LogP contribution in [-0.2, 0) is 23.0 Å². The van der Waals surface area contributed by atoms with Crippen molar-refractivity contribution in [1.82, 2.24) is 4.31 Å². The SMILES string of the molecule is O=S(=O)(CC1CC1)N1CCc2ccc(O)cc2C1. The van der Waals surface area contributed by atoms with Crippen LogP contribution in [0.1, 0.15) is 24.0 Å². The number of rotatable bonds is 3. The van der Waals surface area contributed by atoms with Crippen molar-refractivity contribution in [3.63, 3.8) is 0 Å². The molecule has 0 unspecified atom stereocenters. The molecule has 1 saturated carbocycles. The summed E-state index contributed by atoms with van der Waals surface area (Å²) in [6.07, 6.45) is 2.83. The summed E-state index contributed by atoms with van der Waals surface area (Å²) in [4.78, 5) is 0. The van der Waals surface area contributed by atoms with Crippen molar-refractivity contribution < 1.29 is 13.5 Å². The molecule has 1 N–H and O–H groups in total. The van der Waals surface area contributed by atoms with Gasteiger partial charge < -0.3 is 5.11 Å². The van der Waals surface area contributed by atoms with E-state index < -0.39 is 10.0 Å². The van der Waals surface area contributed by atoms with E-state index in [2.05, 4.69) is 0 Å². The van der Waals surface area contributed by atoms with Crippen LogP contribution in [0.4, 0.5) is 0 Å². The highest BCUT2D eigenvalue weighted by atomic mass is 32.2. The zero-order valence-electron chi connectivity index (χ0n) is 10.2. The summed E-state index contributed by atoms with van der Waals surface area (Å²) in [5.41, 5.74) is 2.08. The molecular formula is C13H17NO3S. The third-order valence-electron chi connectivity index (χ3n) is 3.70. The van der Waals surface area contributed by atoms with E-state index in [0.717, 1.165) is 30.4 Å². The first-order valence-electron chi connectivity index (χ1n) is 6.33. The topological polar surface area (TPSA) is 57.6 Å². The van der Waals surface area contributed by atoms with Gasteiger partial charge in [-0.15, -0.1) is 0 Å². The van der Waals surface area contributed by atoms with Crippen molar-refractivity contribution in [3.8, 4) is 5.75 Å². The lowest BCUT2D eigenvalue weighted by atomic mass is 10.0. The fourth-order valence-electron chi connectivity index (χ4n) is 2.44. The second-order valence-electron chi connectivity index (χ2n) is 5.26. The average Bonchev–Trinajstić information content (AvgIpc) is 3.11. The first-order chi connectivity index (χ1) is 8.54. The fraction of sp³-hybridized carbons (Fsp3) is 0.538. The molecule has 18 heavy (non-hydrogen) atoms. The molecule has 0 amide bonds. The first-order valence-corrected chi connectivity index (χ1v) is 7.94. The van der Waals surface area contributed by atoms with Gasteiger partial charge in [-0.25, -0.2) is 8.42 Å². The summed E-state index contributed by atoms with van der Waals surface area (Å²) in [5.74, 6) is 0.872. The molecule has 4 nitrogen and oxygen atoms in total. The van der Waals surface area contributed by atoms with E-state index in [0.29, 0.717) is 24.8 Å². The van der Waals surface area contributed by atoms with E-state index in [1.807, 2.05) is 6.07 Å². The maximum Gasteiger partial charge on any atom is 0.214 e. The molecule has 3 rings (SSSR count). The normalized spacial score (nSPS) is 20.7. The molecule has 0 atom stereocenters. The summed E-state index contributed by atoms with van der Waals surface area (Å²) < 4.78 is 26.0. The molecule has 1 heterocycles. The summed E-state index contributed by atoms with van der Waals surface area (Å²) in [5, 5.41) is 9.46. The molecule has 0 saturated heterocycles. The molecule has 2 aliphatic rings. The Morgan fingerprint density at radius 2 is 2.06 bits per heavy atom. The molecule has 1 fully saturated rings. The van der Waals surface area contributed by atoms with Crippen LogP contribution in [0.2, 0.25) is 0 Å². The van der Waals surface area contributed by atoms with Crippen molar-refractivity contribution in [3.05, 3.63) is 29.3 Å². The largest absolute Gasteiger partial charge is 0.508 e. The van der Waals surface area contributed by atoms with Crippen LogP contribution in [0, 0.1) is 5.92 Å². The Morgan fingerprint density at radius 1 is 1.28 bits per heavy atom. The third kappa shape index (κ3) is 2.37. The van der Waals surface area contributed by atoms with Gasteiger partial charge >= 0.3 is 0 Å². The number of aromatic hydroxyl groups is 1. The molecule has 0 aromatic heterocycles. The zero-order valence-corrected chi connectivity index (χ0v) is 11.0. The molecule has 0 bridgehead atoms. The first kappa shape index (κ1) is 12.0. The molecule has 0 spiro atoms. The van der Waals surface area contributed by atoms with Gasteiger partial charge in [0.1, 0.15) is 5.75 Å². The highest BCUT2D eigenvalue weighted by Crippen LogP contribution is 2.32. The van der Waals surface area contributed by atoms with Gasteiger partial charge in [0, 0.05) is 13.1 Å². The molecule has 1 aromatic rings. The molecular weight excluding hydrogens is 250 g/mol. The van der Waals surface area contributed by atoms with Crippen molar-refractivity contribution in [2.75, 3.05) is 12.3 Å². The van der Waals surface area contributed by atoms with E-state index in [1.54, 1.807) is 16.4 Å². The van der Waals surface area contributed by atoms with Gasteiger partial charge in [-0.3, -0.25) is 0 Å². The van der Waals surface area contributed by atoms with E-state index in [4.69, 9.17) is 0 Å². The Labute approximate surface area is 107 Å². The average molecular weight is 267 g/mol. The highest BCUT2D eigenvalue weighted by molar-refractivity contribution is 7.89. The van der Waals surface area contributed by atoms with Gasteiger partial charge in [-0.1, -0.05) is 6.07 Å². The molecule has 1 aromatic carbocycles. The van der Waals surface area contributed by atoms with E-state index >= 15 is 0 Å². The maximum atomic E-state index is 12.2. The van der Waals surface area contributed by atoms with Gasteiger partial charge in [-0.2, -0.15) is 4.31 Å². The molecule has 98 valence electrons. The van der Waals surface area contributed by atoms with Crippen LogP contribution < -0.4 is 0 Å². The van der Waals surface area contributed by atoms with Crippen molar-refractivity contribution in [1.29, 1.82) is 0 Å². The van der Waals surface area contributed by atoms with E-state index in [1.165, 1.54) is 0 Å². The summed E-state index contributed by atoms with van der Waals surface area (Å²) in [7, 11) is -3.12. The van der Waals surface area contributed by atoms with Gasteiger partial charge in [0.05, 0.1) is 5.75 Å². The Morgan fingerprint density at radius 3 is 2.78 bits per heavy atom. The van der Waals surface area contributed by atoms with Crippen LogP contribution in [-0.4, -0.2) is 30.1 Å². The third-order valence-corrected chi connectivity index (χ3v) is 5.69. The number of hydrogen-bond acceptors (Lipinski definition) is 3. The standard InChI is InChI=1S/C13H17NO3S/c15-13-4-3-11-5-6-14(8-12(11)7-13)18(16,17)9-10-1-2-10/h3-4,7,10,15H,1-2,5-6,8-9H2. The quantitative estimate of drug-likeness (QED) is 0.902. The van der Waals surface area contributed by atoms with Crippen LogP contribution in [0.15, 0.2) is 18.2 Å². The molecule has 1 aliphatic carbocycles. The Kier molecular flexibility index (Phi) is 2.83. The summed E-state index contributed by atoms with van der Waals surface area (Å²) in [6, 6.07) is 5.22. The lowest BCUT2D eigenvalue weighted by Crippen LogP contribution is -2.37. The fourth-order valence-corrected chi connectivity index (χ4v) is 4.29. The van der Waals surface area contributed by atoms with Gasteiger partial charge in [0.15, 0.2) is 0 Å². The number of hydrogen-bond donors (Lipinski definition) is 1. The summed E-state index contributed by atoms with van der Waals surface area (Å²) >= 11 is 0. The number of fused-ring (bicyclic) bond motifs is 1. The van der Waals surface area contributed by atoms with Crippen molar-refractivity contribution in [2.24, 2.45) is 5.92 Å². The van der Waals surface area contributed by atoms with Crippen molar-refractivity contribution in [2.45, 2.75) is 25.8 Å². The van der Waals surface area contributed by atoms with Crippen LogP contribution >= 0.6 is 0 Å². The second kappa shape index (κ2) is 4.24. The molecule has 5 heteroatoms. The second-order valence-corrected chi connectivity index (χ2v) is 7.27. The number of benzene rings is 1.